The molecule has 0 fully saturated rings. The van der Waals surface area contributed by atoms with Gasteiger partial charge in [0.1, 0.15) is 11.8 Å². The Labute approximate surface area is 150 Å². The van der Waals surface area contributed by atoms with E-state index in [0.717, 1.165) is 11.3 Å². The lowest BCUT2D eigenvalue weighted by Crippen LogP contribution is -2.36. The second kappa shape index (κ2) is 7.11. The molecule has 7 heteroatoms. The Bertz CT molecular complexity index is 799. The highest BCUT2D eigenvalue weighted by Crippen LogP contribution is 2.33. The van der Waals surface area contributed by atoms with Crippen molar-refractivity contribution in [3.05, 3.63) is 59.0 Å². The number of hydrogen-bond acceptors (Lipinski definition) is 5. The van der Waals surface area contributed by atoms with Gasteiger partial charge in [-0.05, 0) is 36.8 Å². The number of esters is 1. The Kier molecular flexibility index (Phi) is 4.90. The van der Waals surface area contributed by atoms with Crippen LogP contribution < -0.4 is 0 Å². The van der Waals surface area contributed by atoms with Gasteiger partial charge in [-0.3, -0.25) is 9.59 Å². The average Bonchev–Trinajstić information content (AvgIpc) is 3.23. The maximum Gasteiger partial charge on any atom is 0.303 e. The molecule has 1 aliphatic rings. The van der Waals surface area contributed by atoms with Crippen molar-refractivity contribution in [2.24, 2.45) is 5.10 Å². The predicted octanol–water partition coefficient (Wildman–Crippen LogP) is 3.56. The van der Waals surface area contributed by atoms with Gasteiger partial charge in [0, 0.05) is 18.4 Å². The first-order valence-electron chi connectivity index (χ1n) is 7.83. The fraction of sp³-hybridized carbons (Fsp3) is 0.278. The van der Waals surface area contributed by atoms with Gasteiger partial charge >= 0.3 is 5.97 Å². The van der Waals surface area contributed by atoms with Crippen LogP contribution in [0.3, 0.4) is 0 Å². The Morgan fingerprint density at radius 1 is 1.32 bits per heavy atom. The summed E-state index contributed by atoms with van der Waals surface area (Å²) in [7, 11) is 0. The van der Waals surface area contributed by atoms with E-state index in [2.05, 4.69) is 5.10 Å². The van der Waals surface area contributed by atoms with Crippen LogP contribution >= 0.6 is 11.6 Å². The maximum atomic E-state index is 12.7. The second-order valence-corrected chi connectivity index (χ2v) is 6.16. The van der Waals surface area contributed by atoms with Gasteiger partial charge < -0.3 is 9.15 Å². The van der Waals surface area contributed by atoms with Crippen LogP contribution in [0.2, 0.25) is 5.02 Å². The number of carbonyl (C=O) groups excluding carboxylic acids is 2. The molecule has 3 rings (SSSR count). The summed E-state index contributed by atoms with van der Waals surface area (Å²) in [5.74, 6) is -0.298. The Morgan fingerprint density at radius 3 is 2.64 bits per heavy atom. The van der Waals surface area contributed by atoms with Gasteiger partial charge in [-0.25, -0.2) is 5.01 Å². The standard InChI is InChI=1S/C18H17ClN2O4/c1-11(25-12(2)22)18(23)21-16(17-4-3-9-24-17)10-15(20-21)13-5-7-14(19)8-6-13/h3-9,11,16H,10H2,1-2H3/t11-,16+/m0/s1. The molecule has 0 radical (unpaired) electrons. The summed E-state index contributed by atoms with van der Waals surface area (Å²) in [5.41, 5.74) is 1.61. The number of nitrogens with zero attached hydrogens (tertiary/aromatic N) is 2. The van der Waals surface area contributed by atoms with Crippen molar-refractivity contribution in [3.63, 3.8) is 0 Å². The van der Waals surface area contributed by atoms with Gasteiger partial charge in [-0.2, -0.15) is 5.10 Å². The third kappa shape index (κ3) is 3.74. The van der Waals surface area contributed by atoms with Crippen molar-refractivity contribution >= 4 is 29.2 Å². The molecule has 0 aliphatic carbocycles. The lowest BCUT2D eigenvalue weighted by Gasteiger charge is -2.22. The van der Waals surface area contributed by atoms with Gasteiger partial charge in [0.15, 0.2) is 6.10 Å². The normalized spacial score (nSPS) is 18.0. The molecular weight excluding hydrogens is 344 g/mol. The molecule has 0 saturated heterocycles. The molecular formula is C18H17ClN2O4. The van der Waals surface area contributed by atoms with Crippen LogP contribution in [-0.2, 0) is 14.3 Å². The van der Waals surface area contributed by atoms with E-state index < -0.39 is 18.0 Å². The van der Waals surface area contributed by atoms with Crippen LogP contribution in [0.25, 0.3) is 0 Å². The van der Waals surface area contributed by atoms with E-state index in [4.69, 9.17) is 20.8 Å². The van der Waals surface area contributed by atoms with Gasteiger partial charge in [-0.1, -0.05) is 23.7 Å². The SMILES string of the molecule is CC(=O)O[C@@H](C)C(=O)N1N=C(c2ccc(Cl)cc2)C[C@@H]1c1ccco1. The van der Waals surface area contributed by atoms with Crippen molar-refractivity contribution in [2.75, 3.05) is 0 Å². The van der Waals surface area contributed by atoms with E-state index in [0.29, 0.717) is 17.2 Å². The number of furan rings is 1. The Morgan fingerprint density at radius 2 is 2.04 bits per heavy atom. The van der Waals surface area contributed by atoms with Crippen LogP contribution in [0.15, 0.2) is 52.2 Å². The highest BCUT2D eigenvalue weighted by molar-refractivity contribution is 6.30. The molecule has 2 atom stereocenters. The highest BCUT2D eigenvalue weighted by atomic mass is 35.5. The summed E-state index contributed by atoms with van der Waals surface area (Å²) in [4.78, 5) is 23.8. The van der Waals surface area contributed by atoms with Crippen molar-refractivity contribution in [1.29, 1.82) is 0 Å². The van der Waals surface area contributed by atoms with Crippen LogP contribution in [0.1, 0.15) is 37.6 Å². The highest BCUT2D eigenvalue weighted by Gasteiger charge is 2.37. The molecule has 0 unspecified atom stereocenters. The molecule has 130 valence electrons. The van der Waals surface area contributed by atoms with E-state index in [1.54, 1.807) is 30.5 Å². The molecule has 1 amide bonds. The second-order valence-electron chi connectivity index (χ2n) is 5.72. The maximum absolute atomic E-state index is 12.7. The number of hydrogen-bond donors (Lipinski definition) is 0. The fourth-order valence-corrected chi connectivity index (χ4v) is 2.84. The van der Waals surface area contributed by atoms with E-state index in [1.165, 1.54) is 18.9 Å². The number of ether oxygens (including phenoxy) is 1. The van der Waals surface area contributed by atoms with Crippen molar-refractivity contribution in [3.8, 4) is 0 Å². The summed E-state index contributed by atoms with van der Waals surface area (Å²) < 4.78 is 10.5. The largest absolute Gasteiger partial charge is 0.467 e. The van der Waals surface area contributed by atoms with E-state index in [-0.39, 0.29) is 6.04 Å². The molecule has 0 N–H and O–H groups in total. The average molecular weight is 361 g/mol. The summed E-state index contributed by atoms with van der Waals surface area (Å²) >= 11 is 5.93. The molecule has 1 aliphatic heterocycles. The van der Waals surface area contributed by atoms with E-state index >= 15 is 0 Å². The number of halogens is 1. The molecule has 0 spiro atoms. The first-order chi connectivity index (χ1) is 12.0. The topological polar surface area (TPSA) is 72.1 Å². The number of hydrazone groups is 1. The first-order valence-corrected chi connectivity index (χ1v) is 8.20. The molecule has 1 aromatic heterocycles. The third-order valence-corrected chi connectivity index (χ3v) is 4.13. The number of carbonyl (C=O) groups is 2. The zero-order chi connectivity index (χ0) is 18.0. The Hall–Kier alpha value is -2.60. The molecule has 0 bridgehead atoms. The van der Waals surface area contributed by atoms with E-state index in [9.17, 15) is 9.59 Å². The Balaban J connectivity index is 1.91. The summed E-state index contributed by atoms with van der Waals surface area (Å²) in [6, 6.07) is 10.4. The number of amides is 1. The monoisotopic (exact) mass is 360 g/mol. The molecule has 0 saturated carbocycles. The lowest BCUT2D eigenvalue weighted by atomic mass is 10.0. The van der Waals surface area contributed by atoms with Gasteiger partial charge in [0.05, 0.1) is 12.0 Å². The quantitative estimate of drug-likeness (QED) is 0.781. The zero-order valence-corrected chi connectivity index (χ0v) is 14.6. The van der Waals surface area contributed by atoms with Crippen LogP contribution in [0, 0.1) is 0 Å². The number of rotatable bonds is 4. The third-order valence-electron chi connectivity index (χ3n) is 3.88. The minimum atomic E-state index is -0.928. The van der Waals surface area contributed by atoms with Gasteiger partial charge in [0.25, 0.3) is 5.91 Å². The van der Waals surface area contributed by atoms with E-state index in [1.807, 2.05) is 12.1 Å². The van der Waals surface area contributed by atoms with Gasteiger partial charge in [0.2, 0.25) is 0 Å². The van der Waals surface area contributed by atoms with Crippen LogP contribution in [0.5, 0.6) is 0 Å². The fourth-order valence-electron chi connectivity index (χ4n) is 2.72. The van der Waals surface area contributed by atoms with Crippen LogP contribution in [-0.4, -0.2) is 28.7 Å². The first kappa shape index (κ1) is 17.2. The van der Waals surface area contributed by atoms with Crippen molar-refractivity contribution in [1.82, 2.24) is 5.01 Å². The molecule has 1 aromatic carbocycles. The zero-order valence-electron chi connectivity index (χ0n) is 13.8. The van der Waals surface area contributed by atoms with Crippen LogP contribution in [0.4, 0.5) is 0 Å². The van der Waals surface area contributed by atoms with Gasteiger partial charge in [-0.15, -0.1) is 0 Å². The molecule has 6 nitrogen and oxygen atoms in total. The van der Waals surface area contributed by atoms with Crippen molar-refractivity contribution < 1.29 is 18.7 Å². The lowest BCUT2D eigenvalue weighted by molar-refractivity contribution is -0.158. The minimum absolute atomic E-state index is 0.383. The summed E-state index contributed by atoms with van der Waals surface area (Å²) in [5, 5.41) is 6.42. The summed E-state index contributed by atoms with van der Waals surface area (Å²) in [6.45, 7) is 2.79. The predicted molar refractivity (Wildman–Crippen MR) is 92.1 cm³/mol. The minimum Gasteiger partial charge on any atom is -0.467 e. The molecule has 25 heavy (non-hydrogen) atoms. The van der Waals surface area contributed by atoms with Crippen molar-refractivity contribution in [2.45, 2.75) is 32.4 Å². The smallest absolute Gasteiger partial charge is 0.303 e. The molecule has 2 aromatic rings. The molecule has 2 heterocycles. The summed E-state index contributed by atoms with van der Waals surface area (Å²) in [6.07, 6.45) is 1.12. The number of benzene rings is 1.